The molecule has 0 atom stereocenters. The number of thiazole rings is 1. The van der Waals surface area contributed by atoms with Crippen LogP contribution in [0.3, 0.4) is 0 Å². The quantitative estimate of drug-likeness (QED) is 0.866. The first-order valence-corrected chi connectivity index (χ1v) is 9.81. The molecule has 0 bridgehead atoms. The van der Waals surface area contributed by atoms with Crippen molar-refractivity contribution in [2.45, 2.75) is 57.4 Å². The predicted molar refractivity (Wildman–Crippen MR) is 99.7 cm³/mol. The van der Waals surface area contributed by atoms with Gasteiger partial charge < -0.3 is 5.32 Å². The van der Waals surface area contributed by atoms with Crippen LogP contribution in [0.15, 0.2) is 6.20 Å². The largest absolute Gasteiger partial charge is 0.346 e. The summed E-state index contributed by atoms with van der Waals surface area (Å²) in [4.78, 5) is 30.1. The second-order valence-corrected chi connectivity index (χ2v) is 8.85. The minimum absolute atomic E-state index is 0.123. The molecule has 2 amide bonds. The van der Waals surface area contributed by atoms with Crippen LogP contribution in [0, 0.1) is 0 Å². The van der Waals surface area contributed by atoms with Crippen LogP contribution in [-0.4, -0.2) is 32.1 Å². The van der Waals surface area contributed by atoms with E-state index < -0.39 is 0 Å². The van der Waals surface area contributed by atoms with E-state index in [-0.39, 0.29) is 17.4 Å². The molecular formula is C18H23N5O2S. The van der Waals surface area contributed by atoms with E-state index in [1.54, 1.807) is 10.9 Å². The lowest BCUT2D eigenvalue weighted by Gasteiger charge is -2.29. The van der Waals surface area contributed by atoms with E-state index in [0.29, 0.717) is 27.9 Å². The van der Waals surface area contributed by atoms with Crippen LogP contribution in [0.25, 0.3) is 0 Å². The van der Waals surface area contributed by atoms with Crippen molar-refractivity contribution in [1.82, 2.24) is 20.1 Å². The maximum absolute atomic E-state index is 12.8. The number of amides is 2. The maximum atomic E-state index is 12.8. The molecular weight excluding hydrogens is 350 g/mol. The van der Waals surface area contributed by atoms with Gasteiger partial charge in [-0.2, -0.15) is 5.10 Å². The Morgan fingerprint density at radius 2 is 2.12 bits per heavy atom. The van der Waals surface area contributed by atoms with E-state index >= 15 is 0 Å². The molecule has 138 valence electrons. The van der Waals surface area contributed by atoms with Gasteiger partial charge in [0.1, 0.15) is 4.88 Å². The number of nitrogens with zero attached hydrogens (tertiary/aromatic N) is 3. The third-order valence-electron chi connectivity index (χ3n) is 5.03. The first kappa shape index (κ1) is 17.2. The van der Waals surface area contributed by atoms with Crippen molar-refractivity contribution in [3.63, 3.8) is 0 Å². The van der Waals surface area contributed by atoms with Crippen molar-refractivity contribution in [1.29, 1.82) is 0 Å². The molecule has 26 heavy (non-hydrogen) atoms. The Morgan fingerprint density at radius 3 is 2.85 bits per heavy atom. The molecule has 3 heterocycles. The Morgan fingerprint density at radius 1 is 1.38 bits per heavy atom. The molecule has 4 rings (SSSR count). The summed E-state index contributed by atoms with van der Waals surface area (Å²) in [5.74, 6) is 0.0288. The number of nitrogens with one attached hydrogen (secondary N) is 2. The molecule has 0 radical (unpaired) electrons. The smallest absolute Gasteiger partial charge is 0.263 e. The van der Waals surface area contributed by atoms with Crippen LogP contribution in [-0.2, 0) is 13.5 Å². The van der Waals surface area contributed by atoms with E-state index in [2.05, 4.69) is 20.7 Å². The van der Waals surface area contributed by atoms with Gasteiger partial charge in [0.05, 0.1) is 17.0 Å². The molecule has 1 fully saturated rings. The van der Waals surface area contributed by atoms with Crippen LogP contribution in [0.4, 0.5) is 5.13 Å². The number of carbonyl (C=O) groups is 2. The highest BCUT2D eigenvalue weighted by atomic mass is 32.1. The van der Waals surface area contributed by atoms with Gasteiger partial charge in [0, 0.05) is 31.1 Å². The van der Waals surface area contributed by atoms with E-state index in [1.165, 1.54) is 24.2 Å². The minimum atomic E-state index is -0.321. The van der Waals surface area contributed by atoms with Gasteiger partial charge >= 0.3 is 0 Å². The summed E-state index contributed by atoms with van der Waals surface area (Å²) in [6.45, 7) is 3.93. The highest BCUT2D eigenvalue weighted by molar-refractivity contribution is 7.17. The summed E-state index contributed by atoms with van der Waals surface area (Å²) in [7, 11) is 1.84. The van der Waals surface area contributed by atoms with Crippen molar-refractivity contribution in [2.24, 2.45) is 7.05 Å². The van der Waals surface area contributed by atoms with E-state index in [9.17, 15) is 9.59 Å². The van der Waals surface area contributed by atoms with Crippen molar-refractivity contribution < 1.29 is 9.59 Å². The van der Waals surface area contributed by atoms with E-state index in [4.69, 9.17) is 0 Å². The molecule has 1 aliphatic heterocycles. The van der Waals surface area contributed by atoms with Crippen molar-refractivity contribution in [2.75, 3.05) is 5.32 Å². The monoisotopic (exact) mass is 373 g/mol. The highest BCUT2D eigenvalue weighted by Crippen LogP contribution is 2.35. The summed E-state index contributed by atoms with van der Waals surface area (Å²) < 4.78 is 1.70. The molecule has 2 aromatic rings. The zero-order valence-electron chi connectivity index (χ0n) is 15.3. The standard InChI is InChI=1S/C18H23N5O2S/c1-18(2)8-12-14(16(25)21-18)26-17(19-12)20-15(24)11-9-23(3)22-13(11)10-6-4-5-7-10/h9-10H,4-8H2,1-3H3,(H,21,25)(H,19,20,24). The Labute approximate surface area is 156 Å². The molecule has 2 aromatic heterocycles. The number of hydrogen-bond acceptors (Lipinski definition) is 5. The topological polar surface area (TPSA) is 88.9 Å². The number of carbonyl (C=O) groups excluding carboxylic acids is 2. The fraction of sp³-hybridized carbons (Fsp3) is 0.556. The Kier molecular flexibility index (Phi) is 4.10. The lowest BCUT2D eigenvalue weighted by molar-refractivity contribution is 0.0900. The number of aryl methyl sites for hydroxylation is 1. The van der Waals surface area contributed by atoms with Gasteiger partial charge in [-0.05, 0) is 26.7 Å². The second-order valence-electron chi connectivity index (χ2n) is 7.85. The molecule has 0 aromatic carbocycles. The Balaban J connectivity index is 1.57. The molecule has 0 spiro atoms. The van der Waals surface area contributed by atoms with Crippen LogP contribution in [0.5, 0.6) is 0 Å². The molecule has 8 heteroatoms. The fourth-order valence-electron chi connectivity index (χ4n) is 3.88. The average molecular weight is 373 g/mol. The maximum Gasteiger partial charge on any atom is 0.263 e. The number of aromatic nitrogens is 3. The summed E-state index contributed by atoms with van der Waals surface area (Å²) >= 11 is 1.23. The highest BCUT2D eigenvalue weighted by Gasteiger charge is 2.33. The predicted octanol–water partition coefficient (Wildman–Crippen LogP) is 2.85. The molecule has 1 aliphatic carbocycles. The number of hydrogen-bond donors (Lipinski definition) is 2. The molecule has 2 aliphatic rings. The normalized spacial score (nSPS) is 19.3. The summed E-state index contributed by atoms with van der Waals surface area (Å²) in [5, 5.41) is 10.8. The zero-order valence-corrected chi connectivity index (χ0v) is 16.1. The minimum Gasteiger partial charge on any atom is -0.346 e. The van der Waals surface area contributed by atoms with Gasteiger partial charge in [-0.1, -0.05) is 24.2 Å². The molecule has 0 unspecified atom stereocenters. The van der Waals surface area contributed by atoms with E-state index in [1.807, 2.05) is 20.9 Å². The first-order valence-electron chi connectivity index (χ1n) is 8.99. The lowest BCUT2D eigenvalue weighted by atomic mass is 9.94. The molecule has 2 N–H and O–H groups in total. The Hall–Kier alpha value is -2.22. The zero-order chi connectivity index (χ0) is 18.5. The summed E-state index contributed by atoms with van der Waals surface area (Å²) in [6.07, 6.45) is 6.96. The van der Waals surface area contributed by atoms with Gasteiger partial charge in [0.2, 0.25) is 0 Å². The van der Waals surface area contributed by atoms with Crippen LogP contribution >= 0.6 is 11.3 Å². The molecule has 0 saturated heterocycles. The van der Waals surface area contributed by atoms with Crippen LogP contribution in [0.2, 0.25) is 0 Å². The van der Waals surface area contributed by atoms with Gasteiger partial charge in [-0.15, -0.1) is 0 Å². The fourth-order valence-corrected chi connectivity index (χ4v) is 4.75. The first-order chi connectivity index (χ1) is 12.3. The third kappa shape index (κ3) is 3.13. The number of anilines is 1. The van der Waals surface area contributed by atoms with Crippen LogP contribution in [0.1, 0.15) is 76.9 Å². The molecule has 1 saturated carbocycles. The lowest BCUT2D eigenvalue weighted by Crippen LogP contribution is -2.48. The van der Waals surface area contributed by atoms with Gasteiger partial charge in [0.15, 0.2) is 5.13 Å². The second kappa shape index (κ2) is 6.19. The van der Waals surface area contributed by atoms with Crippen molar-refractivity contribution in [3.8, 4) is 0 Å². The van der Waals surface area contributed by atoms with Gasteiger partial charge in [-0.25, -0.2) is 4.98 Å². The van der Waals surface area contributed by atoms with Crippen molar-refractivity contribution >= 4 is 28.3 Å². The summed E-state index contributed by atoms with van der Waals surface area (Å²) in [6, 6.07) is 0. The number of fused-ring (bicyclic) bond motifs is 1. The Bertz CT molecular complexity index is 876. The van der Waals surface area contributed by atoms with E-state index in [0.717, 1.165) is 24.2 Å². The average Bonchev–Trinajstić information content (AvgIpc) is 3.24. The van der Waals surface area contributed by atoms with Gasteiger partial charge in [-0.3, -0.25) is 19.6 Å². The SMILES string of the molecule is Cn1cc(C(=O)Nc2nc3c(s2)C(=O)NC(C)(C)C3)c(C2CCCC2)n1. The van der Waals surface area contributed by atoms with Crippen molar-refractivity contribution in [3.05, 3.63) is 28.0 Å². The van der Waals surface area contributed by atoms with Gasteiger partial charge in [0.25, 0.3) is 11.8 Å². The molecule has 7 nitrogen and oxygen atoms in total. The third-order valence-corrected chi connectivity index (χ3v) is 6.04. The summed E-state index contributed by atoms with van der Waals surface area (Å²) in [5.41, 5.74) is 1.92. The number of rotatable bonds is 3. The van der Waals surface area contributed by atoms with Crippen LogP contribution < -0.4 is 10.6 Å².